The number of anilines is 1. The maximum absolute atomic E-state index is 13.0. The van der Waals surface area contributed by atoms with E-state index in [1.54, 1.807) is 0 Å². The number of hydrogen-bond acceptors (Lipinski definition) is 2. The third kappa shape index (κ3) is 2.84. The molecule has 17 heavy (non-hydrogen) atoms. The highest BCUT2D eigenvalue weighted by Gasteiger charge is 2.19. The predicted octanol–water partition coefficient (Wildman–Crippen LogP) is 2.83. The SMILES string of the molecule is O=C(Nc1cc(F)ccc1O)C1CC=CCC1. The van der Waals surface area contributed by atoms with Crippen molar-refractivity contribution >= 4 is 11.6 Å². The van der Waals surface area contributed by atoms with Crippen molar-refractivity contribution in [2.75, 3.05) is 5.32 Å². The summed E-state index contributed by atoms with van der Waals surface area (Å²) in [6, 6.07) is 3.49. The summed E-state index contributed by atoms with van der Waals surface area (Å²) in [5.41, 5.74) is 0.129. The molecule has 3 nitrogen and oxygen atoms in total. The minimum Gasteiger partial charge on any atom is -0.506 e. The van der Waals surface area contributed by atoms with E-state index in [1.807, 2.05) is 12.2 Å². The van der Waals surface area contributed by atoms with E-state index in [4.69, 9.17) is 0 Å². The van der Waals surface area contributed by atoms with Crippen LogP contribution in [0.4, 0.5) is 10.1 Å². The zero-order valence-electron chi connectivity index (χ0n) is 9.32. The van der Waals surface area contributed by atoms with Crippen molar-refractivity contribution < 1.29 is 14.3 Å². The normalized spacial score (nSPS) is 19.0. The van der Waals surface area contributed by atoms with E-state index >= 15 is 0 Å². The molecule has 1 unspecified atom stereocenters. The van der Waals surface area contributed by atoms with Crippen LogP contribution in [0.3, 0.4) is 0 Å². The first-order chi connectivity index (χ1) is 8.16. The largest absolute Gasteiger partial charge is 0.506 e. The lowest BCUT2D eigenvalue weighted by Crippen LogP contribution is -2.23. The van der Waals surface area contributed by atoms with Gasteiger partial charge in [-0.15, -0.1) is 0 Å². The highest BCUT2D eigenvalue weighted by atomic mass is 19.1. The Balaban J connectivity index is 2.07. The highest BCUT2D eigenvalue weighted by Crippen LogP contribution is 2.26. The molecule has 0 fully saturated rings. The van der Waals surface area contributed by atoms with Gasteiger partial charge in [0.15, 0.2) is 0 Å². The molecule has 0 bridgehead atoms. The van der Waals surface area contributed by atoms with Crippen LogP contribution in [-0.2, 0) is 4.79 Å². The van der Waals surface area contributed by atoms with Crippen molar-refractivity contribution in [3.05, 3.63) is 36.2 Å². The lowest BCUT2D eigenvalue weighted by Gasteiger charge is -2.17. The van der Waals surface area contributed by atoms with E-state index in [-0.39, 0.29) is 23.3 Å². The van der Waals surface area contributed by atoms with Crippen molar-refractivity contribution in [2.45, 2.75) is 19.3 Å². The van der Waals surface area contributed by atoms with Crippen LogP contribution in [0.25, 0.3) is 0 Å². The first kappa shape index (κ1) is 11.6. The Morgan fingerprint density at radius 2 is 2.24 bits per heavy atom. The molecular formula is C13H14FNO2. The van der Waals surface area contributed by atoms with Crippen LogP contribution in [0.5, 0.6) is 5.75 Å². The number of aromatic hydroxyl groups is 1. The van der Waals surface area contributed by atoms with Gasteiger partial charge >= 0.3 is 0 Å². The third-order valence-corrected chi connectivity index (χ3v) is 2.86. The maximum atomic E-state index is 13.0. The molecule has 0 heterocycles. The van der Waals surface area contributed by atoms with Gasteiger partial charge in [0.1, 0.15) is 11.6 Å². The van der Waals surface area contributed by atoms with E-state index in [0.29, 0.717) is 6.42 Å². The number of rotatable bonds is 2. The first-order valence-electron chi connectivity index (χ1n) is 5.61. The van der Waals surface area contributed by atoms with Gasteiger partial charge in [-0.25, -0.2) is 4.39 Å². The van der Waals surface area contributed by atoms with Gasteiger partial charge in [0.25, 0.3) is 0 Å². The molecule has 1 atom stereocenters. The lowest BCUT2D eigenvalue weighted by atomic mass is 9.93. The molecule has 1 aromatic rings. The Labute approximate surface area is 99.0 Å². The Morgan fingerprint density at radius 3 is 2.94 bits per heavy atom. The number of carbonyl (C=O) groups is 1. The molecular weight excluding hydrogens is 221 g/mol. The fourth-order valence-corrected chi connectivity index (χ4v) is 1.87. The van der Waals surface area contributed by atoms with Crippen molar-refractivity contribution in [2.24, 2.45) is 5.92 Å². The number of amides is 1. The topological polar surface area (TPSA) is 49.3 Å². The summed E-state index contributed by atoms with van der Waals surface area (Å²) in [6.07, 6.45) is 6.39. The second-order valence-electron chi connectivity index (χ2n) is 4.13. The van der Waals surface area contributed by atoms with Crippen LogP contribution in [0.2, 0.25) is 0 Å². The molecule has 1 amide bonds. The number of carbonyl (C=O) groups excluding carboxylic acids is 1. The van der Waals surface area contributed by atoms with Gasteiger partial charge < -0.3 is 10.4 Å². The maximum Gasteiger partial charge on any atom is 0.227 e. The van der Waals surface area contributed by atoms with Crippen LogP contribution in [0.15, 0.2) is 30.4 Å². The van der Waals surface area contributed by atoms with E-state index < -0.39 is 5.82 Å². The molecule has 2 N–H and O–H groups in total. The van der Waals surface area contributed by atoms with Crippen LogP contribution in [0.1, 0.15) is 19.3 Å². The van der Waals surface area contributed by atoms with E-state index in [2.05, 4.69) is 5.32 Å². The smallest absolute Gasteiger partial charge is 0.227 e. The van der Waals surface area contributed by atoms with E-state index in [1.165, 1.54) is 6.07 Å². The van der Waals surface area contributed by atoms with Crippen molar-refractivity contribution in [1.82, 2.24) is 0 Å². The molecule has 0 saturated heterocycles. The quantitative estimate of drug-likeness (QED) is 0.611. The third-order valence-electron chi connectivity index (χ3n) is 2.86. The molecule has 0 radical (unpaired) electrons. The second kappa shape index (κ2) is 4.99. The number of hydrogen-bond donors (Lipinski definition) is 2. The summed E-state index contributed by atoms with van der Waals surface area (Å²) in [5, 5.41) is 12.0. The summed E-state index contributed by atoms with van der Waals surface area (Å²) in [5.74, 6) is -0.870. The second-order valence-corrected chi connectivity index (χ2v) is 4.13. The van der Waals surface area contributed by atoms with Crippen molar-refractivity contribution in [3.63, 3.8) is 0 Å². The fraction of sp³-hybridized carbons (Fsp3) is 0.308. The first-order valence-corrected chi connectivity index (χ1v) is 5.61. The molecule has 0 spiro atoms. The van der Waals surface area contributed by atoms with Crippen molar-refractivity contribution in [1.29, 1.82) is 0 Å². The molecule has 1 aromatic carbocycles. The number of phenols is 1. The number of halogens is 1. The summed E-state index contributed by atoms with van der Waals surface area (Å²) in [7, 11) is 0. The number of nitrogens with one attached hydrogen (secondary N) is 1. The number of phenolic OH excluding ortho intramolecular Hbond substituents is 1. The Morgan fingerprint density at radius 1 is 1.41 bits per heavy atom. The Bertz CT molecular complexity index is 457. The minimum atomic E-state index is -0.485. The molecule has 1 aliphatic rings. The number of benzene rings is 1. The zero-order valence-corrected chi connectivity index (χ0v) is 9.32. The summed E-state index contributed by atoms with van der Waals surface area (Å²) >= 11 is 0. The molecule has 2 rings (SSSR count). The van der Waals surface area contributed by atoms with Crippen molar-refractivity contribution in [3.8, 4) is 5.75 Å². The van der Waals surface area contributed by atoms with Gasteiger partial charge in [-0.05, 0) is 31.4 Å². The fourth-order valence-electron chi connectivity index (χ4n) is 1.87. The summed E-state index contributed by atoms with van der Waals surface area (Å²) in [4.78, 5) is 11.9. The lowest BCUT2D eigenvalue weighted by molar-refractivity contribution is -0.120. The molecule has 0 aliphatic heterocycles. The monoisotopic (exact) mass is 235 g/mol. The molecule has 0 saturated carbocycles. The summed E-state index contributed by atoms with van der Waals surface area (Å²) in [6.45, 7) is 0. The zero-order chi connectivity index (χ0) is 12.3. The van der Waals surface area contributed by atoms with Gasteiger partial charge in [0.2, 0.25) is 5.91 Å². The van der Waals surface area contributed by atoms with Gasteiger partial charge in [-0.3, -0.25) is 4.79 Å². The van der Waals surface area contributed by atoms with Crippen LogP contribution < -0.4 is 5.32 Å². The average molecular weight is 235 g/mol. The minimum absolute atomic E-state index is 0.0948. The van der Waals surface area contributed by atoms with Gasteiger partial charge in [0, 0.05) is 12.0 Å². The molecule has 1 aliphatic carbocycles. The highest BCUT2D eigenvalue weighted by molar-refractivity contribution is 5.94. The van der Waals surface area contributed by atoms with Crippen LogP contribution in [0, 0.1) is 11.7 Å². The van der Waals surface area contributed by atoms with E-state index in [9.17, 15) is 14.3 Å². The predicted molar refractivity (Wildman–Crippen MR) is 63.2 cm³/mol. The standard InChI is InChI=1S/C13H14FNO2/c14-10-6-7-12(16)11(8-10)15-13(17)9-4-2-1-3-5-9/h1-2,6-9,16H,3-5H2,(H,15,17). The molecule has 4 heteroatoms. The van der Waals surface area contributed by atoms with Gasteiger partial charge in [0.05, 0.1) is 5.69 Å². The Hall–Kier alpha value is -1.84. The van der Waals surface area contributed by atoms with Crippen LogP contribution >= 0.6 is 0 Å². The van der Waals surface area contributed by atoms with Gasteiger partial charge in [-0.1, -0.05) is 12.2 Å². The Kier molecular flexibility index (Phi) is 3.42. The molecule has 90 valence electrons. The average Bonchev–Trinajstić information content (AvgIpc) is 2.35. The molecule has 0 aromatic heterocycles. The van der Waals surface area contributed by atoms with E-state index in [0.717, 1.165) is 25.0 Å². The summed E-state index contributed by atoms with van der Waals surface area (Å²) < 4.78 is 13.0. The number of allylic oxidation sites excluding steroid dienone is 2. The van der Waals surface area contributed by atoms with Gasteiger partial charge in [-0.2, -0.15) is 0 Å². The van der Waals surface area contributed by atoms with Crippen LogP contribution in [-0.4, -0.2) is 11.0 Å².